The van der Waals surface area contributed by atoms with E-state index < -0.39 is 0 Å². The molecule has 1 saturated carbocycles. The van der Waals surface area contributed by atoms with Gasteiger partial charge in [-0.25, -0.2) is 4.98 Å². The molecule has 5 heteroatoms. The van der Waals surface area contributed by atoms with Crippen LogP contribution in [-0.2, 0) is 4.79 Å². The van der Waals surface area contributed by atoms with Gasteiger partial charge < -0.3 is 9.73 Å². The fourth-order valence-corrected chi connectivity index (χ4v) is 4.13. The number of nitrogens with zero attached hydrogens (tertiary/aromatic N) is 1. The molecule has 0 bridgehead atoms. The predicted octanol–water partition coefficient (Wildman–Crippen LogP) is 5.30. The van der Waals surface area contributed by atoms with Crippen LogP contribution in [0.25, 0.3) is 22.6 Å². The molecule has 4 aromatic rings. The molecule has 4 nitrogen and oxygen atoms in total. The molecule has 2 aromatic carbocycles. The summed E-state index contributed by atoms with van der Waals surface area (Å²) in [7, 11) is 0. The van der Waals surface area contributed by atoms with Crippen LogP contribution in [0, 0.1) is 5.92 Å². The summed E-state index contributed by atoms with van der Waals surface area (Å²) in [4.78, 5) is 18.2. The minimum absolute atomic E-state index is 0.0883. The van der Waals surface area contributed by atoms with Crippen LogP contribution < -0.4 is 5.32 Å². The molecule has 0 spiro atoms. The Balaban J connectivity index is 1.29. The molecule has 0 radical (unpaired) electrons. The molecule has 5 rings (SSSR count). The quantitative estimate of drug-likeness (QED) is 0.537. The van der Waals surface area contributed by atoms with Gasteiger partial charge in [-0.3, -0.25) is 4.79 Å². The van der Waals surface area contributed by atoms with Crippen molar-refractivity contribution in [2.24, 2.45) is 5.92 Å². The maximum Gasteiger partial charge on any atom is 0.228 e. The highest BCUT2D eigenvalue weighted by molar-refractivity contribution is 7.10. The van der Waals surface area contributed by atoms with Gasteiger partial charge in [0.25, 0.3) is 0 Å². The van der Waals surface area contributed by atoms with E-state index in [1.54, 1.807) is 11.3 Å². The number of rotatable bonds is 4. The fourth-order valence-electron chi connectivity index (χ4n) is 3.23. The third kappa shape index (κ3) is 2.80. The number of thiophene rings is 1. The zero-order valence-corrected chi connectivity index (χ0v) is 14.7. The number of nitrogens with one attached hydrogen (secondary N) is 1. The number of hydrogen-bond donors (Lipinski definition) is 1. The average Bonchev–Trinajstić information content (AvgIpc) is 3.08. The van der Waals surface area contributed by atoms with Crippen molar-refractivity contribution in [2.45, 2.75) is 12.3 Å². The van der Waals surface area contributed by atoms with Crippen molar-refractivity contribution in [3.8, 4) is 11.5 Å². The van der Waals surface area contributed by atoms with E-state index in [-0.39, 0.29) is 11.8 Å². The molecule has 1 N–H and O–H groups in total. The zero-order chi connectivity index (χ0) is 17.5. The van der Waals surface area contributed by atoms with Crippen molar-refractivity contribution in [2.75, 3.05) is 5.32 Å². The van der Waals surface area contributed by atoms with E-state index in [9.17, 15) is 4.79 Å². The third-order valence-electron chi connectivity index (χ3n) is 4.73. The van der Waals surface area contributed by atoms with Gasteiger partial charge in [-0.15, -0.1) is 11.3 Å². The van der Waals surface area contributed by atoms with Crippen LogP contribution in [-0.4, -0.2) is 10.9 Å². The van der Waals surface area contributed by atoms with Gasteiger partial charge in [0.05, 0.1) is 0 Å². The summed E-state index contributed by atoms with van der Waals surface area (Å²) in [6.07, 6.45) is 0.938. The second kappa shape index (κ2) is 6.11. The Morgan fingerprint density at radius 3 is 2.69 bits per heavy atom. The Kier molecular flexibility index (Phi) is 3.60. The SMILES string of the molecule is O=C(Nc1ccc(-c2nc3ccccc3o2)cc1)C1CC1c1cccs1. The molecular weight excluding hydrogens is 344 g/mol. The van der Waals surface area contributed by atoms with Crippen molar-refractivity contribution >= 4 is 34.0 Å². The summed E-state index contributed by atoms with van der Waals surface area (Å²) in [6.45, 7) is 0. The number of hydrogen-bond acceptors (Lipinski definition) is 4. The number of amides is 1. The predicted molar refractivity (Wildman–Crippen MR) is 103 cm³/mol. The van der Waals surface area contributed by atoms with Gasteiger partial charge in [-0.2, -0.15) is 0 Å². The normalized spacial score (nSPS) is 18.8. The van der Waals surface area contributed by atoms with E-state index in [1.165, 1.54) is 4.88 Å². The molecule has 2 aromatic heterocycles. The Labute approximate surface area is 154 Å². The second-order valence-corrected chi connectivity index (χ2v) is 7.50. The molecule has 1 aliphatic rings. The van der Waals surface area contributed by atoms with Crippen molar-refractivity contribution in [1.82, 2.24) is 4.98 Å². The van der Waals surface area contributed by atoms with Crippen LogP contribution in [0.1, 0.15) is 17.2 Å². The smallest absolute Gasteiger partial charge is 0.228 e. The number of benzene rings is 2. The lowest BCUT2D eigenvalue weighted by Crippen LogP contribution is -2.14. The Hall–Kier alpha value is -2.92. The maximum atomic E-state index is 12.4. The standard InChI is InChI=1S/C21H16N2O2S/c24-20(16-12-15(16)19-6-3-11-26-19)22-14-9-7-13(8-10-14)21-23-17-4-1-2-5-18(17)25-21/h1-11,15-16H,12H2,(H,22,24). The van der Waals surface area contributed by atoms with E-state index in [4.69, 9.17) is 4.42 Å². The lowest BCUT2D eigenvalue weighted by Gasteiger charge is -2.05. The Bertz CT molecular complexity index is 1030. The monoisotopic (exact) mass is 360 g/mol. The summed E-state index contributed by atoms with van der Waals surface area (Å²) in [5.74, 6) is 1.15. The minimum Gasteiger partial charge on any atom is -0.436 e. The van der Waals surface area contributed by atoms with Crippen molar-refractivity contribution in [3.05, 3.63) is 70.9 Å². The summed E-state index contributed by atoms with van der Waals surface area (Å²) >= 11 is 1.72. The van der Waals surface area contributed by atoms with Crippen LogP contribution in [0.3, 0.4) is 0 Å². The molecule has 2 heterocycles. The first-order chi connectivity index (χ1) is 12.8. The molecule has 1 fully saturated rings. The maximum absolute atomic E-state index is 12.4. The number of oxazole rings is 1. The van der Waals surface area contributed by atoms with Gasteiger partial charge in [-0.05, 0) is 54.3 Å². The summed E-state index contributed by atoms with van der Waals surface area (Å²) in [5.41, 5.74) is 3.30. The molecule has 1 amide bonds. The van der Waals surface area contributed by atoms with Crippen LogP contribution in [0.5, 0.6) is 0 Å². The molecular formula is C21H16N2O2S. The number of fused-ring (bicyclic) bond motifs is 1. The molecule has 2 atom stereocenters. The van der Waals surface area contributed by atoms with E-state index in [0.29, 0.717) is 11.8 Å². The van der Waals surface area contributed by atoms with E-state index in [1.807, 2.05) is 54.6 Å². The van der Waals surface area contributed by atoms with Gasteiger partial charge in [0.2, 0.25) is 11.8 Å². The van der Waals surface area contributed by atoms with Gasteiger partial charge in [0, 0.05) is 28.0 Å². The number of carbonyl (C=O) groups is 1. The number of para-hydroxylation sites is 2. The van der Waals surface area contributed by atoms with Gasteiger partial charge in [-0.1, -0.05) is 18.2 Å². The van der Waals surface area contributed by atoms with E-state index >= 15 is 0 Å². The van der Waals surface area contributed by atoms with Gasteiger partial charge in [0.1, 0.15) is 5.52 Å². The van der Waals surface area contributed by atoms with Gasteiger partial charge >= 0.3 is 0 Å². The first-order valence-corrected chi connectivity index (χ1v) is 9.46. The van der Waals surface area contributed by atoms with Gasteiger partial charge in [0.15, 0.2) is 5.58 Å². The van der Waals surface area contributed by atoms with Crippen LogP contribution in [0.4, 0.5) is 5.69 Å². The first kappa shape index (κ1) is 15.3. The lowest BCUT2D eigenvalue weighted by atomic mass is 10.2. The zero-order valence-electron chi connectivity index (χ0n) is 13.9. The highest BCUT2D eigenvalue weighted by Gasteiger charge is 2.44. The number of anilines is 1. The summed E-state index contributed by atoms with van der Waals surface area (Å²) in [5, 5.41) is 5.08. The highest BCUT2D eigenvalue weighted by Crippen LogP contribution is 2.49. The minimum atomic E-state index is 0.0883. The highest BCUT2D eigenvalue weighted by atomic mass is 32.1. The molecule has 1 aliphatic carbocycles. The third-order valence-corrected chi connectivity index (χ3v) is 5.73. The fraction of sp³-hybridized carbons (Fsp3) is 0.143. The van der Waals surface area contributed by atoms with E-state index in [0.717, 1.165) is 28.8 Å². The van der Waals surface area contributed by atoms with Crippen LogP contribution in [0.15, 0.2) is 70.5 Å². The molecule has 0 saturated heterocycles. The topological polar surface area (TPSA) is 55.1 Å². The molecule has 26 heavy (non-hydrogen) atoms. The van der Waals surface area contributed by atoms with Crippen LogP contribution >= 0.6 is 11.3 Å². The molecule has 0 aliphatic heterocycles. The van der Waals surface area contributed by atoms with Crippen LogP contribution in [0.2, 0.25) is 0 Å². The van der Waals surface area contributed by atoms with Crippen molar-refractivity contribution in [3.63, 3.8) is 0 Å². The Morgan fingerprint density at radius 1 is 1.08 bits per heavy atom. The van der Waals surface area contributed by atoms with Crippen molar-refractivity contribution in [1.29, 1.82) is 0 Å². The number of carbonyl (C=O) groups excluding carboxylic acids is 1. The summed E-state index contributed by atoms with van der Waals surface area (Å²) < 4.78 is 5.78. The van der Waals surface area contributed by atoms with Crippen molar-refractivity contribution < 1.29 is 9.21 Å². The second-order valence-electron chi connectivity index (χ2n) is 6.52. The largest absolute Gasteiger partial charge is 0.436 e. The number of aromatic nitrogens is 1. The summed E-state index contributed by atoms with van der Waals surface area (Å²) in [6, 6.07) is 19.5. The lowest BCUT2D eigenvalue weighted by molar-refractivity contribution is -0.117. The average molecular weight is 360 g/mol. The molecule has 128 valence electrons. The first-order valence-electron chi connectivity index (χ1n) is 8.58. The molecule has 2 unspecified atom stereocenters. The van der Waals surface area contributed by atoms with E-state index in [2.05, 4.69) is 21.7 Å². The Morgan fingerprint density at radius 2 is 1.92 bits per heavy atom.